The highest BCUT2D eigenvalue weighted by Gasteiger charge is 2.22. The van der Waals surface area contributed by atoms with E-state index < -0.39 is 16.6 Å². The smallest absolute Gasteiger partial charge is 0.240 e. The molecule has 0 saturated heterocycles. The molecule has 0 bridgehead atoms. The Morgan fingerprint density at radius 2 is 1.83 bits per heavy atom. The summed E-state index contributed by atoms with van der Waals surface area (Å²) < 4.78 is 52.4. The fourth-order valence-corrected chi connectivity index (χ4v) is 3.86. The second kappa shape index (κ2) is 6.03. The van der Waals surface area contributed by atoms with Crippen LogP contribution in [0.4, 0.5) is 8.78 Å². The van der Waals surface area contributed by atoms with Crippen molar-refractivity contribution in [3.63, 3.8) is 0 Å². The van der Waals surface area contributed by atoms with Crippen molar-refractivity contribution in [2.75, 3.05) is 0 Å². The van der Waals surface area contributed by atoms with Crippen LogP contribution in [0.2, 0.25) is 5.02 Å². The molecule has 2 aromatic heterocycles. The fraction of sp³-hybridized carbons (Fsp3) is 0.133. The number of aromatic nitrogens is 3. The fourth-order valence-electron chi connectivity index (χ4n) is 2.22. The van der Waals surface area contributed by atoms with Crippen LogP contribution in [0.5, 0.6) is 0 Å². The minimum absolute atomic E-state index is 0.0721. The van der Waals surface area contributed by atoms with Crippen molar-refractivity contribution in [2.24, 2.45) is 0 Å². The molecule has 0 N–H and O–H groups in total. The summed E-state index contributed by atoms with van der Waals surface area (Å²) in [6.45, 7) is -0.973. The number of hydrogen-bond donors (Lipinski definition) is 0. The summed E-state index contributed by atoms with van der Waals surface area (Å²) in [5.74, 6) is 0. The standard InChI is InChI=1S/C15H12ClF2N3O2S/c1-10-2-4-13(5-3-10)24(22,23)21-9-12(16)6-14(21)11-7-19-20(8-11)15(17)18/h2-9,15H,1H3. The van der Waals surface area contributed by atoms with Crippen molar-refractivity contribution in [1.29, 1.82) is 0 Å². The summed E-state index contributed by atoms with van der Waals surface area (Å²) in [6.07, 6.45) is 3.46. The third kappa shape index (κ3) is 2.94. The second-order valence-electron chi connectivity index (χ2n) is 5.14. The van der Waals surface area contributed by atoms with Crippen molar-refractivity contribution >= 4 is 21.6 Å². The van der Waals surface area contributed by atoms with Gasteiger partial charge in [0.2, 0.25) is 0 Å². The lowest BCUT2D eigenvalue weighted by Gasteiger charge is -2.09. The van der Waals surface area contributed by atoms with E-state index in [1.807, 2.05) is 6.92 Å². The average molecular weight is 372 g/mol. The average Bonchev–Trinajstić information content (AvgIpc) is 3.14. The van der Waals surface area contributed by atoms with Gasteiger partial charge in [0.15, 0.2) is 0 Å². The monoisotopic (exact) mass is 371 g/mol. The zero-order chi connectivity index (χ0) is 17.5. The van der Waals surface area contributed by atoms with Gasteiger partial charge in [-0.3, -0.25) is 0 Å². The van der Waals surface area contributed by atoms with E-state index in [9.17, 15) is 17.2 Å². The maximum Gasteiger partial charge on any atom is 0.333 e. The normalized spacial score (nSPS) is 12.0. The van der Waals surface area contributed by atoms with Crippen LogP contribution >= 0.6 is 11.6 Å². The Morgan fingerprint density at radius 3 is 2.42 bits per heavy atom. The lowest BCUT2D eigenvalue weighted by molar-refractivity contribution is 0.0566. The van der Waals surface area contributed by atoms with E-state index in [2.05, 4.69) is 5.10 Å². The minimum Gasteiger partial charge on any atom is -0.240 e. The van der Waals surface area contributed by atoms with Crippen LogP contribution in [0.3, 0.4) is 0 Å². The molecule has 0 unspecified atom stereocenters. The van der Waals surface area contributed by atoms with Gasteiger partial charge in [-0.15, -0.1) is 0 Å². The molecule has 0 saturated carbocycles. The maximum atomic E-state index is 12.8. The van der Waals surface area contributed by atoms with E-state index in [1.165, 1.54) is 30.6 Å². The summed E-state index contributed by atoms with van der Waals surface area (Å²) in [7, 11) is -3.92. The number of benzene rings is 1. The molecule has 0 aliphatic heterocycles. The Bertz CT molecular complexity index is 979. The molecule has 2 heterocycles. The van der Waals surface area contributed by atoms with Crippen molar-refractivity contribution in [1.82, 2.24) is 13.8 Å². The summed E-state index contributed by atoms with van der Waals surface area (Å²) in [6, 6.07) is 7.69. The molecular formula is C15H12ClF2N3O2S. The van der Waals surface area contributed by atoms with Crippen molar-refractivity contribution in [3.05, 3.63) is 59.5 Å². The van der Waals surface area contributed by atoms with Gasteiger partial charge >= 0.3 is 6.55 Å². The Balaban J connectivity index is 2.13. The number of alkyl halides is 2. The first-order valence-electron chi connectivity index (χ1n) is 6.82. The van der Waals surface area contributed by atoms with Crippen LogP contribution in [-0.4, -0.2) is 22.2 Å². The van der Waals surface area contributed by atoms with Gasteiger partial charge in [0.05, 0.1) is 21.8 Å². The Morgan fingerprint density at radius 1 is 1.17 bits per heavy atom. The first kappa shape index (κ1) is 16.7. The molecule has 0 fully saturated rings. The molecule has 3 aromatic rings. The van der Waals surface area contributed by atoms with E-state index in [0.29, 0.717) is 4.68 Å². The third-order valence-corrected chi connectivity index (χ3v) is 5.32. The van der Waals surface area contributed by atoms with Crippen LogP contribution in [0.25, 0.3) is 11.3 Å². The predicted molar refractivity (Wildman–Crippen MR) is 85.7 cm³/mol. The van der Waals surface area contributed by atoms with Gasteiger partial charge in [0, 0.05) is 18.0 Å². The molecule has 0 amide bonds. The van der Waals surface area contributed by atoms with Crippen LogP contribution < -0.4 is 0 Å². The number of hydrogen-bond acceptors (Lipinski definition) is 3. The van der Waals surface area contributed by atoms with Gasteiger partial charge in [-0.1, -0.05) is 29.3 Å². The van der Waals surface area contributed by atoms with E-state index in [-0.39, 0.29) is 21.2 Å². The molecule has 0 radical (unpaired) electrons. The SMILES string of the molecule is Cc1ccc(S(=O)(=O)n2cc(Cl)cc2-c2cnn(C(F)F)c2)cc1. The van der Waals surface area contributed by atoms with Gasteiger partial charge in [-0.2, -0.15) is 13.9 Å². The summed E-state index contributed by atoms with van der Waals surface area (Å²) in [5, 5.41) is 3.70. The lowest BCUT2D eigenvalue weighted by atomic mass is 10.2. The highest BCUT2D eigenvalue weighted by atomic mass is 35.5. The quantitative estimate of drug-likeness (QED) is 0.697. The summed E-state index contributed by atoms with van der Waals surface area (Å²) in [5.41, 5.74) is 1.29. The van der Waals surface area contributed by atoms with Gasteiger partial charge in [-0.25, -0.2) is 17.1 Å². The molecule has 5 nitrogen and oxygen atoms in total. The molecule has 0 aliphatic rings. The topological polar surface area (TPSA) is 56.9 Å². The number of aryl methyl sites for hydroxylation is 1. The lowest BCUT2D eigenvalue weighted by Crippen LogP contribution is -2.13. The van der Waals surface area contributed by atoms with Crippen molar-refractivity contribution in [2.45, 2.75) is 18.4 Å². The molecule has 126 valence electrons. The molecule has 24 heavy (non-hydrogen) atoms. The van der Waals surface area contributed by atoms with Crippen molar-refractivity contribution in [3.8, 4) is 11.3 Å². The molecule has 0 aliphatic carbocycles. The Labute approximate surface area is 142 Å². The van der Waals surface area contributed by atoms with E-state index in [1.54, 1.807) is 12.1 Å². The first-order chi connectivity index (χ1) is 11.3. The van der Waals surface area contributed by atoms with E-state index in [4.69, 9.17) is 11.6 Å². The second-order valence-corrected chi connectivity index (χ2v) is 7.40. The molecule has 1 aromatic carbocycles. The number of rotatable bonds is 4. The zero-order valence-corrected chi connectivity index (χ0v) is 14.0. The van der Waals surface area contributed by atoms with Crippen molar-refractivity contribution < 1.29 is 17.2 Å². The van der Waals surface area contributed by atoms with Crippen LogP contribution in [-0.2, 0) is 10.0 Å². The Kier molecular flexibility index (Phi) is 4.18. The van der Waals surface area contributed by atoms with Gasteiger partial charge in [0.25, 0.3) is 10.0 Å². The van der Waals surface area contributed by atoms with E-state index >= 15 is 0 Å². The highest BCUT2D eigenvalue weighted by Crippen LogP contribution is 2.29. The Hall–Kier alpha value is -2.19. The minimum atomic E-state index is -3.92. The zero-order valence-electron chi connectivity index (χ0n) is 12.4. The van der Waals surface area contributed by atoms with Crippen LogP contribution in [0, 0.1) is 6.92 Å². The number of nitrogens with zero attached hydrogens (tertiary/aromatic N) is 3. The summed E-state index contributed by atoms with van der Waals surface area (Å²) in [4.78, 5) is 0.0721. The van der Waals surface area contributed by atoms with Gasteiger partial charge < -0.3 is 0 Å². The number of halogens is 3. The molecule has 0 atom stereocenters. The molecule has 3 rings (SSSR count). The third-order valence-electron chi connectivity index (χ3n) is 3.43. The maximum absolute atomic E-state index is 12.8. The first-order valence-corrected chi connectivity index (χ1v) is 8.63. The van der Waals surface area contributed by atoms with Gasteiger partial charge in [0.1, 0.15) is 0 Å². The van der Waals surface area contributed by atoms with E-state index in [0.717, 1.165) is 15.7 Å². The largest absolute Gasteiger partial charge is 0.333 e. The van der Waals surface area contributed by atoms with Gasteiger partial charge in [-0.05, 0) is 25.1 Å². The van der Waals surface area contributed by atoms with Crippen LogP contribution in [0.1, 0.15) is 12.1 Å². The predicted octanol–water partition coefficient (Wildman–Crippen LogP) is 3.95. The van der Waals surface area contributed by atoms with Crippen LogP contribution in [0.15, 0.2) is 53.8 Å². The summed E-state index contributed by atoms with van der Waals surface area (Å²) >= 11 is 5.94. The molecule has 0 spiro atoms. The molecule has 9 heteroatoms. The highest BCUT2D eigenvalue weighted by molar-refractivity contribution is 7.90. The molecular weight excluding hydrogens is 360 g/mol.